The van der Waals surface area contributed by atoms with Gasteiger partial charge in [-0.05, 0) is 34.8 Å². The highest BCUT2D eigenvalue weighted by Crippen LogP contribution is 2.38. The molecule has 0 aromatic carbocycles. The number of nitrogens with two attached hydrogens (primary N) is 1. The monoisotopic (exact) mass is 259 g/mol. The van der Waals surface area contributed by atoms with Crippen LogP contribution in [0.2, 0.25) is 0 Å². The molecule has 0 saturated heterocycles. The second-order valence-electron chi connectivity index (χ2n) is 3.85. The minimum Gasteiger partial charge on any atom is -0.321 e. The van der Waals surface area contributed by atoms with Crippen LogP contribution in [0.5, 0.6) is 0 Å². The highest BCUT2D eigenvalue weighted by atomic mass is 79.9. The fraction of sp³-hybridized carbons (Fsp3) is 0.600. The smallest absolute Gasteiger partial charge is 0.0504 e. The summed E-state index contributed by atoms with van der Waals surface area (Å²) in [6, 6.07) is 2.18. The van der Waals surface area contributed by atoms with Gasteiger partial charge < -0.3 is 5.73 Å². The number of hydrogen-bond donors (Lipinski definition) is 1. The zero-order valence-corrected chi connectivity index (χ0v) is 9.96. The molecule has 1 nitrogen and oxygen atoms in total. The van der Waals surface area contributed by atoms with E-state index in [9.17, 15) is 0 Å². The summed E-state index contributed by atoms with van der Waals surface area (Å²) in [7, 11) is 0. The number of thiophene rings is 1. The van der Waals surface area contributed by atoms with Gasteiger partial charge in [-0.1, -0.05) is 19.3 Å². The lowest BCUT2D eigenvalue weighted by Gasteiger charge is -2.32. The number of rotatable bonds is 1. The third kappa shape index (κ3) is 1.97. The van der Waals surface area contributed by atoms with Crippen LogP contribution >= 0.6 is 27.3 Å². The van der Waals surface area contributed by atoms with Crippen LogP contribution in [0.15, 0.2) is 15.9 Å². The van der Waals surface area contributed by atoms with E-state index in [1.54, 1.807) is 11.3 Å². The molecule has 72 valence electrons. The zero-order valence-electron chi connectivity index (χ0n) is 7.55. The fourth-order valence-electron chi connectivity index (χ4n) is 2.00. The lowest BCUT2D eigenvalue weighted by molar-refractivity contribution is 0.307. The largest absolute Gasteiger partial charge is 0.321 e. The Morgan fingerprint density at radius 2 is 2.00 bits per heavy atom. The molecule has 3 heteroatoms. The van der Waals surface area contributed by atoms with E-state index in [4.69, 9.17) is 5.73 Å². The predicted molar refractivity (Wildman–Crippen MR) is 61.0 cm³/mol. The average molecular weight is 260 g/mol. The van der Waals surface area contributed by atoms with Crippen LogP contribution in [-0.4, -0.2) is 0 Å². The van der Waals surface area contributed by atoms with Crippen LogP contribution < -0.4 is 5.73 Å². The molecule has 1 fully saturated rings. The van der Waals surface area contributed by atoms with Crippen LogP contribution in [-0.2, 0) is 5.54 Å². The Labute approximate surface area is 91.5 Å². The summed E-state index contributed by atoms with van der Waals surface area (Å²) < 4.78 is 1.17. The first-order valence-corrected chi connectivity index (χ1v) is 6.41. The minimum absolute atomic E-state index is 0.0189. The van der Waals surface area contributed by atoms with Crippen molar-refractivity contribution in [2.75, 3.05) is 0 Å². The summed E-state index contributed by atoms with van der Waals surface area (Å²) in [6.45, 7) is 0. The molecule has 1 saturated carbocycles. The quantitative estimate of drug-likeness (QED) is 0.819. The molecule has 2 N–H and O–H groups in total. The van der Waals surface area contributed by atoms with Gasteiger partial charge in [-0.15, -0.1) is 11.3 Å². The van der Waals surface area contributed by atoms with E-state index in [-0.39, 0.29) is 5.54 Å². The molecule has 2 rings (SSSR count). The Balaban J connectivity index is 2.22. The third-order valence-corrected chi connectivity index (χ3v) is 4.71. The molecular weight excluding hydrogens is 246 g/mol. The number of halogens is 1. The van der Waals surface area contributed by atoms with Gasteiger partial charge in [0.15, 0.2) is 0 Å². The molecule has 0 radical (unpaired) electrons. The standard InChI is InChI=1S/C10H14BrNS/c11-8-6-9(13-7-8)10(12)4-2-1-3-5-10/h6-7H,1-5,12H2. The molecule has 0 unspecified atom stereocenters. The molecule has 1 aromatic rings. The summed E-state index contributed by atoms with van der Waals surface area (Å²) in [5.74, 6) is 0. The molecular formula is C10H14BrNS. The fourth-order valence-corrected chi connectivity index (χ4v) is 3.61. The topological polar surface area (TPSA) is 26.0 Å². The minimum atomic E-state index is -0.0189. The van der Waals surface area contributed by atoms with Crippen LogP contribution in [0, 0.1) is 0 Å². The van der Waals surface area contributed by atoms with E-state index in [2.05, 4.69) is 27.4 Å². The molecule has 13 heavy (non-hydrogen) atoms. The van der Waals surface area contributed by atoms with Crippen LogP contribution in [0.3, 0.4) is 0 Å². The van der Waals surface area contributed by atoms with Crippen molar-refractivity contribution in [3.8, 4) is 0 Å². The van der Waals surface area contributed by atoms with Gasteiger partial charge in [0.25, 0.3) is 0 Å². The Kier molecular flexibility index (Phi) is 2.77. The number of hydrogen-bond acceptors (Lipinski definition) is 2. The van der Waals surface area contributed by atoms with Crippen molar-refractivity contribution in [1.29, 1.82) is 0 Å². The molecule has 0 bridgehead atoms. The first kappa shape index (κ1) is 9.69. The van der Waals surface area contributed by atoms with Gasteiger partial charge in [0.1, 0.15) is 0 Å². The van der Waals surface area contributed by atoms with E-state index < -0.39 is 0 Å². The first-order valence-electron chi connectivity index (χ1n) is 4.74. The maximum atomic E-state index is 6.38. The van der Waals surface area contributed by atoms with Crippen molar-refractivity contribution in [3.05, 3.63) is 20.8 Å². The molecule has 0 amide bonds. The van der Waals surface area contributed by atoms with E-state index in [0.29, 0.717) is 0 Å². The molecule has 0 aliphatic heterocycles. The molecule has 1 aromatic heterocycles. The maximum Gasteiger partial charge on any atom is 0.0504 e. The average Bonchev–Trinajstić information content (AvgIpc) is 2.54. The Morgan fingerprint density at radius 1 is 1.31 bits per heavy atom. The van der Waals surface area contributed by atoms with Crippen molar-refractivity contribution in [3.63, 3.8) is 0 Å². The van der Waals surface area contributed by atoms with E-state index in [1.807, 2.05) is 0 Å². The van der Waals surface area contributed by atoms with E-state index in [1.165, 1.54) is 28.6 Å². The molecule has 1 aliphatic rings. The van der Waals surface area contributed by atoms with Gasteiger partial charge in [-0.25, -0.2) is 0 Å². The molecule has 1 aliphatic carbocycles. The van der Waals surface area contributed by atoms with Gasteiger partial charge in [-0.3, -0.25) is 0 Å². The summed E-state index contributed by atoms with van der Waals surface area (Å²) in [6.07, 6.45) is 6.23. The lowest BCUT2D eigenvalue weighted by atomic mass is 9.81. The summed E-state index contributed by atoms with van der Waals surface area (Å²) in [5, 5.41) is 2.12. The normalized spacial score (nSPS) is 21.7. The lowest BCUT2D eigenvalue weighted by Crippen LogP contribution is -2.37. The van der Waals surface area contributed by atoms with Gasteiger partial charge >= 0.3 is 0 Å². The van der Waals surface area contributed by atoms with Crippen molar-refractivity contribution in [1.82, 2.24) is 0 Å². The Morgan fingerprint density at radius 3 is 2.54 bits per heavy atom. The zero-order chi connectivity index (χ0) is 9.31. The first-order chi connectivity index (χ1) is 6.21. The Bertz CT molecular complexity index is 289. The van der Waals surface area contributed by atoms with E-state index >= 15 is 0 Å². The highest BCUT2D eigenvalue weighted by molar-refractivity contribution is 9.10. The SMILES string of the molecule is NC1(c2cc(Br)cs2)CCCCC1. The van der Waals surface area contributed by atoms with Crippen molar-refractivity contribution >= 4 is 27.3 Å². The van der Waals surface area contributed by atoms with Gasteiger partial charge in [0, 0.05) is 14.7 Å². The highest BCUT2D eigenvalue weighted by Gasteiger charge is 2.30. The third-order valence-electron chi connectivity index (χ3n) is 2.80. The second-order valence-corrected chi connectivity index (χ2v) is 5.67. The van der Waals surface area contributed by atoms with Crippen LogP contribution in [0.4, 0.5) is 0 Å². The Hall–Kier alpha value is 0.140. The molecule has 0 atom stereocenters. The van der Waals surface area contributed by atoms with Gasteiger partial charge in [0.05, 0.1) is 5.54 Å². The predicted octanol–water partition coefficient (Wildman–Crippen LogP) is 3.63. The van der Waals surface area contributed by atoms with Crippen LogP contribution in [0.25, 0.3) is 0 Å². The van der Waals surface area contributed by atoms with Crippen molar-refractivity contribution in [2.24, 2.45) is 5.73 Å². The summed E-state index contributed by atoms with van der Waals surface area (Å²) in [5.41, 5.74) is 6.36. The van der Waals surface area contributed by atoms with Crippen LogP contribution in [0.1, 0.15) is 37.0 Å². The maximum absolute atomic E-state index is 6.38. The molecule has 0 spiro atoms. The van der Waals surface area contributed by atoms with Crippen molar-refractivity contribution in [2.45, 2.75) is 37.6 Å². The van der Waals surface area contributed by atoms with E-state index in [0.717, 1.165) is 12.8 Å². The van der Waals surface area contributed by atoms with Crippen molar-refractivity contribution < 1.29 is 0 Å². The summed E-state index contributed by atoms with van der Waals surface area (Å²) in [4.78, 5) is 1.35. The summed E-state index contributed by atoms with van der Waals surface area (Å²) >= 11 is 5.26. The molecule has 1 heterocycles. The van der Waals surface area contributed by atoms with Gasteiger partial charge in [0.2, 0.25) is 0 Å². The van der Waals surface area contributed by atoms with Gasteiger partial charge in [-0.2, -0.15) is 0 Å². The second kappa shape index (κ2) is 3.71.